The van der Waals surface area contributed by atoms with Gasteiger partial charge >= 0.3 is 6.03 Å². The van der Waals surface area contributed by atoms with E-state index in [2.05, 4.69) is 24.5 Å². The fourth-order valence-electron chi connectivity index (χ4n) is 5.81. The first kappa shape index (κ1) is 24.8. The smallest absolute Gasteiger partial charge is 0.318 e. The van der Waals surface area contributed by atoms with Crippen LogP contribution in [0.2, 0.25) is 0 Å². The number of hydrogen-bond acceptors (Lipinski definition) is 3. The average molecular weight is 449 g/mol. The SMILES string of the molecule is CNC(=O)CC1CN(CC2CCCCC2)C(=O)[C@H](CC(C)C)N1C(=O)NC1CCCCC1. The third-order valence-corrected chi connectivity index (χ3v) is 7.52. The molecule has 1 saturated heterocycles. The summed E-state index contributed by atoms with van der Waals surface area (Å²) in [5, 5.41) is 5.93. The van der Waals surface area contributed by atoms with Crippen molar-refractivity contribution in [2.24, 2.45) is 11.8 Å². The minimum atomic E-state index is -0.495. The van der Waals surface area contributed by atoms with Crippen LogP contribution in [-0.2, 0) is 9.59 Å². The van der Waals surface area contributed by atoms with E-state index in [1.807, 2.05) is 4.90 Å². The number of nitrogens with one attached hydrogen (secondary N) is 2. The second kappa shape index (κ2) is 11.9. The molecule has 0 spiro atoms. The van der Waals surface area contributed by atoms with Crippen LogP contribution in [-0.4, -0.2) is 65.9 Å². The lowest BCUT2D eigenvalue weighted by Crippen LogP contribution is -2.67. The Hall–Kier alpha value is -1.79. The Balaban J connectivity index is 1.81. The van der Waals surface area contributed by atoms with E-state index in [0.717, 1.165) is 32.2 Å². The van der Waals surface area contributed by atoms with Gasteiger partial charge in [0, 0.05) is 32.6 Å². The Morgan fingerprint density at radius 2 is 1.62 bits per heavy atom. The maximum absolute atomic E-state index is 13.6. The van der Waals surface area contributed by atoms with Gasteiger partial charge in [-0.15, -0.1) is 0 Å². The molecule has 1 heterocycles. The van der Waals surface area contributed by atoms with E-state index in [1.165, 1.54) is 38.5 Å². The van der Waals surface area contributed by atoms with Gasteiger partial charge in [0.05, 0.1) is 6.04 Å². The number of urea groups is 1. The number of hydrogen-bond donors (Lipinski definition) is 2. The summed E-state index contributed by atoms with van der Waals surface area (Å²) in [4.78, 5) is 43.2. The van der Waals surface area contributed by atoms with Gasteiger partial charge in [-0.1, -0.05) is 52.4 Å². The van der Waals surface area contributed by atoms with Crippen molar-refractivity contribution >= 4 is 17.8 Å². The quantitative estimate of drug-likeness (QED) is 0.623. The van der Waals surface area contributed by atoms with Gasteiger partial charge < -0.3 is 20.4 Å². The largest absolute Gasteiger partial charge is 0.359 e. The van der Waals surface area contributed by atoms with Crippen molar-refractivity contribution < 1.29 is 14.4 Å². The molecule has 3 fully saturated rings. The predicted molar refractivity (Wildman–Crippen MR) is 126 cm³/mol. The molecule has 2 atom stereocenters. The highest BCUT2D eigenvalue weighted by molar-refractivity contribution is 5.89. The molecule has 0 aromatic heterocycles. The molecule has 7 heteroatoms. The molecule has 0 bridgehead atoms. The van der Waals surface area contributed by atoms with Crippen LogP contribution in [0.25, 0.3) is 0 Å². The molecule has 32 heavy (non-hydrogen) atoms. The van der Waals surface area contributed by atoms with E-state index < -0.39 is 6.04 Å². The normalized spacial score (nSPS) is 25.8. The van der Waals surface area contributed by atoms with Crippen molar-refractivity contribution in [1.82, 2.24) is 20.4 Å². The molecule has 3 aliphatic rings. The molecule has 2 aliphatic carbocycles. The zero-order chi connectivity index (χ0) is 23.1. The molecule has 2 saturated carbocycles. The van der Waals surface area contributed by atoms with Gasteiger partial charge in [-0.05, 0) is 43.9 Å². The van der Waals surface area contributed by atoms with Crippen LogP contribution >= 0.6 is 0 Å². The molecule has 1 unspecified atom stereocenters. The molecule has 2 N–H and O–H groups in total. The van der Waals surface area contributed by atoms with Crippen molar-refractivity contribution in [2.45, 2.75) is 109 Å². The van der Waals surface area contributed by atoms with Crippen LogP contribution in [0.15, 0.2) is 0 Å². The van der Waals surface area contributed by atoms with Crippen LogP contribution in [0.1, 0.15) is 90.9 Å². The number of amides is 4. The van der Waals surface area contributed by atoms with E-state index in [4.69, 9.17) is 0 Å². The van der Waals surface area contributed by atoms with Gasteiger partial charge in [0.25, 0.3) is 0 Å². The molecular formula is C25H44N4O3. The first-order valence-electron chi connectivity index (χ1n) is 13.0. The van der Waals surface area contributed by atoms with Crippen LogP contribution in [0.3, 0.4) is 0 Å². The maximum Gasteiger partial charge on any atom is 0.318 e. The minimum Gasteiger partial charge on any atom is -0.359 e. The van der Waals surface area contributed by atoms with Crippen molar-refractivity contribution in [1.29, 1.82) is 0 Å². The summed E-state index contributed by atoms with van der Waals surface area (Å²) in [5.74, 6) is 0.803. The lowest BCUT2D eigenvalue weighted by molar-refractivity contribution is -0.146. The van der Waals surface area contributed by atoms with Crippen LogP contribution in [0.5, 0.6) is 0 Å². The Bertz CT molecular complexity index is 641. The highest BCUT2D eigenvalue weighted by Crippen LogP contribution is 2.30. The Morgan fingerprint density at radius 3 is 2.22 bits per heavy atom. The fraction of sp³-hybridized carbons (Fsp3) is 0.880. The summed E-state index contributed by atoms with van der Waals surface area (Å²) >= 11 is 0. The molecule has 0 radical (unpaired) electrons. The van der Waals surface area contributed by atoms with Gasteiger partial charge in [-0.3, -0.25) is 9.59 Å². The molecule has 1 aliphatic heterocycles. The van der Waals surface area contributed by atoms with Gasteiger partial charge in [0.15, 0.2) is 0 Å². The van der Waals surface area contributed by atoms with Gasteiger partial charge in [-0.2, -0.15) is 0 Å². The molecule has 0 aromatic rings. The van der Waals surface area contributed by atoms with E-state index >= 15 is 0 Å². The van der Waals surface area contributed by atoms with Crippen LogP contribution in [0.4, 0.5) is 4.79 Å². The number of nitrogens with zero attached hydrogens (tertiary/aromatic N) is 2. The zero-order valence-electron chi connectivity index (χ0n) is 20.4. The number of carbonyl (C=O) groups is 3. The molecule has 7 nitrogen and oxygen atoms in total. The average Bonchev–Trinajstić information content (AvgIpc) is 2.78. The first-order valence-corrected chi connectivity index (χ1v) is 13.0. The predicted octanol–water partition coefficient (Wildman–Crippen LogP) is 3.67. The van der Waals surface area contributed by atoms with Gasteiger partial charge in [0.1, 0.15) is 6.04 Å². The number of rotatable bonds is 7. The second-order valence-corrected chi connectivity index (χ2v) is 10.6. The molecule has 4 amide bonds. The summed E-state index contributed by atoms with van der Waals surface area (Å²) in [6.07, 6.45) is 12.4. The lowest BCUT2D eigenvalue weighted by atomic mass is 9.87. The third kappa shape index (κ3) is 6.61. The van der Waals surface area contributed by atoms with E-state index in [-0.39, 0.29) is 42.3 Å². The number of carbonyl (C=O) groups excluding carboxylic acids is 3. The molecule has 3 rings (SSSR count). The van der Waals surface area contributed by atoms with E-state index in [1.54, 1.807) is 11.9 Å². The van der Waals surface area contributed by atoms with Crippen LogP contribution < -0.4 is 10.6 Å². The van der Waals surface area contributed by atoms with E-state index in [9.17, 15) is 14.4 Å². The summed E-state index contributed by atoms with van der Waals surface area (Å²) < 4.78 is 0. The van der Waals surface area contributed by atoms with Crippen molar-refractivity contribution in [2.75, 3.05) is 20.1 Å². The summed E-state index contributed by atoms with van der Waals surface area (Å²) in [7, 11) is 1.63. The molecular weight excluding hydrogens is 404 g/mol. The van der Waals surface area contributed by atoms with Crippen molar-refractivity contribution in [3.63, 3.8) is 0 Å². The number of piperazine rings is 1. The molecule has 0 aromatic carbocycles. The highest BCUT2D eigenvalue weighted by atomic mass is 16.2. The lowest BCUT2D eigenvalue weighted by Gasteiger charge is -2.47. The summed E-state index contributed by atoms with van der Waals surface area (Å²) in [6, 6.07) is -0.775. The standard InChI is InChI=1S/C25H44N4O3/c1-18(2)14-22-24(31)28(16-19-10-6-4-7-11-19)17-21(15-23(30)26-3)29(22)25(32)27-20-12-8-5-9-13-20/h18-22H,4-17H2,1-3H3,(H,26,30)(H,27,32)/t21?,22-/m0/s1. The second-order valence-electron chi connectivity index (χ2n) is 10.6. The van der Waals surface area contributed by atoms with E-state index in [0.29, 0.717) is 18.9 Å². The minimum absolute atomic E-state index is 0.0659. The maximum atomic E-state index is 13.6. The molecule has 182 valence electrons. The Morgan fingerprint density at radius 1 is 1.00 bits per heavy atom. The zero-order valence-corrected chi connectivity index (χ0v) is 20.4. The van der Waals surface area contributed by atoms with Gasteiger partial charge in [-0.25, -0.2) is 4.79 Å². The summed E-state index contributed by atoms with van der Waals surface area (Å²) in [6.45, 7) is 5.40. The Labute approximate surface area is 194 Å². The highest BCUT2D eigenvalue weighted by Gasteiger charge is 2.44. The van der Waals surface area contributed by atoms with Crippen LogP contribution in [0, 0.1) is 11.8 Å². The van der Waals surface area contributed by atoms with Gasteiger partial charge in [0.2, 0.25) is 11.8 Å². The summed E-state index contributed by atoms with van der Waals surface area (Å²) in [5.41, 5.74) is 0. The van der Waals surface area contributed by atoms with Crippen molar-refractivity contribution in [3.05, 3.63) is 0 Å². The monoisotopic (exact) mass is 448 g/mol. The topological polar surface area (TPSA) is 81.8 Å². The Kier molecular flexibility index (Phi) is 9.23. The fourth-order valence-corrected chi connectivity index (χ4v) is 5.81. The first-order chi connectivity index (χ1) is 15.4. The third-order valence-electron chi connectivity index (χ3n) is 7.52. The van der Waals surface area contributed by atoms with Crippen molar-refractivity contribution in [3.8, 4) is 0 Å².